The molecule has 0 spiro atoms. The smallest absolute Gasteiger partial charge is 0.118 e. The van der Waals surface area contributed by atoms with Gasteiger partial charge in [-0.1, -0.05) is 19.1 Å². The molecule has 2 aromatic rings. The first-order chi connectivity index (χ1) is 8.80. The molecule has 1 aromatic heterocycles. The molecule has 0 saturated heterocycles. The highest BCUT2D eigenvalue weighted by atomic mass is 16.5. The van der Waals surface area contributed by atoms with Gasteiger partial charge in [0.05, 0.1) is 13.2 Å². The van der Waals surface area contributed by atoms with E-state index in [0.29, 0.717) is 6.54 Å². The summed E-state index contributed by atoms with van der Waals surface area (Å²) in [7, 11) is 1.67. The van der Waals surface area contributed by atoms with Crippen molar-refractivity contribution in [3.8, 4) is 5.75 Å². The molecule has 2 N–H and O–H groups in total. The van der Waals surface area contributed by atoms with Crippen LogP contribution in [-0.2, 0) is 6.42 Å². The fourth-order valence-corrected chi connectivity index (χ4v) is 2.14. The molecule has 18 heavy (non-hydrogen) atoms. The number of hydrogen-bond donors (Lipinski definition) is 1. The molecule has 0 amide bonds. The Morgan fingerprint density at radius 2 is 2.06 bits per heavy atom. The second kappa shape index (κ2) is 5.69. The van der Waals surface area contributed by atoms with Crippen LogP contribution < -0.4 is 10.5 Å². The van der Waals surface area contributed by atoms with E-state index in [0.717, 1.165) is 18.0 Å². The molecular formula is C14H19N3O. The van der Waals surface area contributed by atoms with Crippen molar-refractivity contribution in [2.24, 2.45) is 5.73 Å². The van der Waals surface area contributed by atoms with E-state index in [4.69, 9.17) is 10.5 Å². The molecule has 1 aromatic carbocycles. The summed E-state index contributed by atoms with van der Waals surface area (Å²) in [5.41, 5.74) is 7.08. The molecule has 2 rings (SSSR count). The highest BCUT2D eigenvalue weighted by Crippen LogP contribution is 2.21. The minimum absolute atomic E-state index is 0.133. The topological polar surface area (TPSA) is 53.1 Å². The van der Waals surface area contributed by atoms with Crippen molar-refractivity contribution in [3.05, 3.63) is 48.0 Å². The molecule has 0 fully saturated rings. The van der Waals surface area contributed by atoms with Crippen LogP contribution >= 0.6 is 0 Å². The fraction of sp³-hybridized carbons (Fsp3) is 0.357. The van der Waals surface area contributed by atoms with Crippen LogP contribution in [-0.4, -0.2) is 23.2 Å². The van der Waals surface area contributed by atoms with Crippen molar-refractivity contribution in [2.45, 2.75) is 19.4 Å². The zero-order chi connectivity index (χ0) is 13.0. The van der Waals surface area contributed by atoms with Crippen LogP contribution in [0.2, 0.25) is 0 Å². The molecule has 0 bridgehead atoms. The molecule has 1 unspecified atom stereocenters. The minimum atomic E-state index is 0.133. The Labute approximate surface area is 107 Å². The second-order valence-electron chi connectivity index (χ2n) is 4.13. The number of nitrogens with two attached hydrogens (primary N) is 1. The van der Waals surface area contributed by atoms with Gasteiger partial charge in [-0.05, 0) is 17.7 Å². The van der Waals surface area contributed by atoms with Gasteiger partial charge in [-0.2, -0.15) is 0 Å². The molecule has 0 saturated carbocycles. The van der Waals surface area contributed by atoms with Crippen LogP contribution in [0.15, 0.2) is 36.7 Å². The van der Waals surface area contributed by atoms with Crippen LogP contribution in [0.1, 0.15) is 24.4 Å². The number of rotatable bonds is 5. The van der Waals surface area contributed by atoms with Gasteiger partial charge in [-0.25, -0.2) is 4.98 Å². The lowest BCUT2D eigenvalue weighted by Gasteiger charge is -2.19. The predicted octanol–water partition coefficient (Wildman–Crippen LogP) is 2.00. The minimum Gasteiger partial charge on any atom is -0.497 e. The Bertz CT molecular complexity index is 490. The van der Waals surface area contributed by atoms with Gasteiger partial charge in [0.2, 0.25) is 0 Å². The van der Waals surface area contributed by atoms with E-state index in [1.807, 2.05) is 24.5 Å². The van der Waals surface area contributed by atoms with Gasteiger partial charge in [0.1, 0.15) is 11.6 Å². The summed E-state index contributed by atoms with van der Waals surface area (Å²) in [6.07, 6.45) is 4.71. The Hall–Kier alpha value is -1.81. The molecule has 0 aliphatic rings. The third kappa shape index (κ3) is 2.38. The molecule has 96 valence electrons. The largest absolute Gasteiger partial charge is 0.497 e. The maximum atomic E-state index is 5.91. The number of aryl methyl sites for hydroxylation is 1. The number of benzene rings is 1. The normalized spacial score (nSPS) is 12.4. The first kappa shape index (κ1) is 12.6. The van der Waals surface area contributed by atoms with Crippen molar-refractivity contribution in [1.29, 1.82) is 0 Å². The maximum absolute atomic E-state index is 5.91. The lowest BCUT2D eigenvalue weighted by molar-refractivity contribution is 0.414. The van der Waals surface area contributed by atoms with Crippen molar-refractivity contribution in [3.63, 3.8) is 0 Å². The van der Waals surface area contributed by atoms with Gasteiger partial charge in [0.25, 0.3) is 0 Å². The first-order valence-corrected chi connectivity index (χ1v) is 6.15. The first-order valence-electron chi connectivity index (χ1n) is 6.15. The molecule has 0 radical (unpaired) electrons. The summed E-state index contributed by atoms with van der Waals surface area (Å²) in [6, 6.07) is 8.15. The molecular weight excluding hydrogens is 226 g/mol. The van der Waals surface area contributed by atoms with E-state index >= 15 is 0 Å². The number of aromatic nitrogens is 2. The van der Waals surface area contributed by atoms with Gasteiger partial charge in [0, 0.05) is 25.4 Å². The van der Waals surface area contributed by atoms with Gasteiger partial charge < -0.3 is 15.0 Å². The molecule has 4 nitrogen and oxygen atoms in total. The monoisotopic (exact) mass is 245 g/mol. The van der Waals surface area contributed by atoms with E-state index < -0.39 is 0 Å². The average molecular weight is 245 g/mol. The van der Waals surface area contributed by atoms with Crippen molar-refractivity contribution >= 4 is 0 Å². The third-order valence-electron chi connectivity index (χ3n) is 3.12. The number of imidazole rings is 1. The Morgan fingerprint density at radius 3 is 2.61 bits per heavy atom. The summed E-state index contributed by atoms with van der Waals surface area (Å²) >= 11 is 0. The Balaban J connectivity index is 2.32. The van der Waals surface area contributed by atoms with Gasteiger partial charge in [-0.15, -0.1) is 0 Å². The Morgan fingerprint density at radius 1 is 1.33 bits per heavy atom. The van der Waals surface area contributed by atoms with Crippen LogP contribution in [0.4, 0.5) is 0 Å². The van der Waals surface area contributed by atoms with Gasteiger partial charge >= 0.3 is 0 Å². The third-order valence-corrected chi connectivity index (χ3v) is 3.12. The quantitative estimate of drug-likeness (QED) is 0.876. The summed E-state index contributed by atoms with van der Waals surface area (Å²) in [6.45, 7) is 2.65. The standard InChI is InChI=1S/C14H19N3O/c1-3-14-16-8-9-17(14)13(10-15)11-4-6-12(18-2)7-5-11/h4-9,13H,3,10,15H2,1-2H3. The number of methoxy groups -OCH3 is 1. The van der Waals surface area contributed by atoms with Crippen molar-refractivity contribution < 1.29 is 4.74 Å². The molecule has 0 aliphatic heterocycles. The molecule has 4 heteroatoms. The van der Waals surface area contributed by atoms with Crippen molar-refractivity contribution in [2.75, 3.05) is 13.7 Å². The molecule has 0 aliphatic carbocycles. The summed E-state index contributed by atoms with van der Waals surface area (Å²) in [5.74, 6) is 1.91. The highest BCUT2D eigenvalue weighted by molar-refractivity contribution is 5.30. The van der Waals surface area contributed by atoms with Crippen LogP contribution in [0.25, 0.3) is 0 Å². The number of hydrogen-bond acceptors (Lipinski definition) is 3. The van der Waals surface area contributed by atoms with Gasteiger partial charge in [0.15, 0.2) is 0 Å². The van der Waals surface area contributed by atoms with Crippen LogP contribution in [0.5, 0.6) is 5.75 Å². The van der Waals surface area contributed by atoms with E-state index in [1.165, 1.54) is 5.56 Å². The van der Waals surface area contributed by atoms with Crippen LogP contribution in [0, 0.1) is 0 Å². The fourth-order valence-electron chi connectivity index (χ4n) is 2.14. The molecule has 1 heterocycles. The zero-order valence-corrected chi connectivity index (χ0v) is 10.8. The van der Waals surface area contributed by atoms with E-state index in [1.54, 1.807) is 7.11 Å². The Kier molecular flexibility index (Phi) is 3.99. The van der Waals surface area contributed by atoms with Gasteiger partial charge in [-0.3, -0.25) is 0 Å². The van der Waals surface area contributed by atoms with Crippen LogP contribution in [0.3, 0.4) is 0 Å². The lowest BCUT2D eigenvalue weighted by atomic mass is 10.1. The van der Waals surface area contributed by atoms with E-state index in [9.17, 15) is 0 Å². The lowest BCUT2D eigenvalue weighted by Crippen LogP contribution is -2.21. The summed E-state index contributed by atoms with van der Waals surface area (Å²) in [5, 5.41) is 0. The summed E-state index contributed by atoms with van der Waals surface area (Å²) < 4.78 is 7.31. The SMILES string of the molecule is CCc1nccn1C(CN)c1ccc(OC)cc1. The maximum Gasteiger partial charge on any atom is 0.118 e. The van der Waals surface area contributed by atoms with E-state index in [-0.39, 0.29) is 6.04 Å². The predicted molar refractivity (Wildman–Crippen MR) is 71.8 cm³/mol. The number of nitrogens with zero attached hydrogens (tertiary/aromatic N) is 2. The summed E-state index contributed by atoms with van der Waals surface area (Å²) in [4.78, 5) is 4.35. The zero-order valence-electron chi connectivity index (χ0n) is 10.8. The van der Waals surface area contributed by atoms with E-state index in [2.05, 4.69) is 28.6 Å². The average Bonchev–Trinajstić information content (AvgIpc) is 2.89. The number of ether oxygens (including phenoxy) is 1. The highest BCUT2D eigenvalue weighted by Gasteiger charge is 2.14. The van der Waals surface area contributed by atoms with Crippen molar-refractivity contribution in [1.82, 2.24) is 9.55 Å². The molecule has 1 atom stereocenters. The second-order valence-corrected chi connectivity index (χ2v) is 4.13.